The number of Topliss-reactive ketones (excluding diaryl/α,β-unsaturated/α-hetero) is 1. The van der Waals surface area contributed by atoms with Crippen LogP contribution in [0.4, 0.5) is 0 Å². The molecule has 1 aromatic rings. The van der Waals surface area contributed by atoms with E-state index < -0.39 is 0 Å². The first kappa shape index (κ1) is 18.7. The predicted octanol–water partition coefficient (Wildman–Crippen LogP) is 4.74. The van der Waals surface area contributed by atoms with Gasteiger partial charge in [-0.25, -0.2) is 4.79 Å². The summed E-state index contributed by atoms with van der Waals surface area (Å²) in [6, 6.07) is 8.10. The number of benzene rings is 1. The van der Waals surface area contributed by atoms with Crippen molar-refractivity contribution in [2.24, 2.45) is 0 Å². The van der Waals surface area contributed by atoms with Crippen LogP contribution in [-0.4, -0.2) is 17.9 Å². The Balaban J connectivity index is 1.77. The second-order valence-electron chi connectivity index (χ2n) is 7.63. The first-order chi connectivity index (χ1) is 13.0. The van der Waals surface area contributed by atoms with Crippen molar-refractivity contribution in [2.45, 2.75) is 63.9 Å². The highest BCUT2D eigenvalue weighted by Crippen LogP contribution is 2.43. The minimum absolute atomic E-state index is 0.00629. The summed E-state index contributed by atoms with van der Waals surface area (Å²) in [5.74, 6) is -0.468. The van der Waals surface area contributed by atoms with E-state index in [0.29, 0.717) is 12.0 Å². The molecule has 27 heavy (non-hydrogen) atoms. The SMILES string of the molecule is CC1=C(C(=O)OC2CCCC2)C(c2cccc(I)c2)C2=C(CCCC2=O)N1. The number of dihydropyridines is 1. The van der Waals surface area contributed by atoms with Crippen molar-refractivity contribution in [1.29, 1.82) is 0 Å². The summed E-state index contributed by atoms with van der Waals surface area (Å²) < 4.78 is 6.94. The van der Waals surface area contributed by atoms with E-state index >= 15 is 0 Å². The van der Waals surface area contributed by atoms with E-state index in [9.17, 15) is 9.59 Å². The Kier molecular flexibility index (Phi) is 5.39. The van der Waals surface area contributed by atoms with Crippen LogP contribution in [0.5, 0.6) is 0 Å². The zero-order valence-electron chi connectivity index (χ0n) is 15.5. The molecule has 142 valence electrons. The van der Waals surface area contributed by atoms with Gasteiger partial charge in [0, 0.05) is 32.9 Å². The second-order valence-corrected chi connectivity index (χ2v) is 8.88. The van der Waals surface area contributed by atoms with Crippen molar-refractivity contribution in [3.63, 3.8) is 0 Å². The molecule has 0 radical (unpaired) electrons. The van der Waals surface area contributed by atoms with Gasteiger partial charge in [-0.15, -0.1) is 0 Å². The van der Waals surface area contributed by atoms with Crippen LogP contribution in [0, 0.1) is 3.57 Å². The zero-order chi connectivity index (χ0) is 19.0. The number of rotatable bonds is 3. The monoisotopic (exact) mass is 477 g/mol. The Labute approximate surface area is 173 Å². The molecule has 1 saturated carbocycles. The number of ketones is 1. The van der Waals surface area contributed by atoms with Crippen LogP contribution in [0.3, 0.4) is 0 Å². The molecule has 4 nitrogen and oxygen atoms in total. The molecule has 1 fully saturated rings. The van der Waals surface area contributed by atoms with E-state index in [0.717, 1.165) is 64.6 Å². The number of hydrogen-bond acceptors (Lipinski definition) is 4. The molecule has 0 amide bonds. The van der Waals surface area contributed by atoms with Crippen LogP contribution < -0.4 is 5.32 Å². The molecular formula is C22H24INO3. The van der Waals surface area contributed by atoms with Gasteiger partial charge in [-0.3, -0.25) is 4.79 Å². The highest BCUT2D eigenvalue weighted by molar-refractivity contribution is 14.1. The predicted molar refractivity (Wildman–Crippen MR) is 112 cm³/mol. The summed E-state index contributed by atoms with van der Waals surface area (Å²) in [5, 5.41) is 3.35. The lowest BCUT2D eigenvalue weighted by molar-refractivity contribution is -0.144. The van der Waals surface area contributed by atoms with Crippen LogP contribution in [0.25, 0.3) is 0 Å². The zero-order valence-corrected chi connectivity index (χ0v) is 17.7. The summed E-state index contributed by atoms with van der Waals surface area (Å²) in [6.07, 6.45) is 6.36. The number of allylic oxidation sites excluding steroid dienone is 3. The lowest BCUT2D eigenvalue weighted by Crippen LogP contribution is -2.35. The smallest absolute Gasteiger partial charge is 0.337 e. The van der Waals surface area contributed by atoms with Gasteiger partial charge in [-0.2, -0.15) is 0 Å². The molecule has 1 aromatic carbocycles. The second kappa shape index (κ2) is 7.78. The fourth-order valence-electron chi connectivity index (χ4n) is 4.49. The molecule has 0 saturated heterocycles. The third-order valence-electron chi connectivity index (χ3n) is 5.75. The van der Waals surface area contributed by atoms with Crippen molar-refractivity contribution < 1.29 is 14.3 Å². The first-order valence-corrected chi connectivity index (χ1v) is 10.8. The Morgan fingerprint density at radius 1 is 1.19 bits per heavy atom. The molecule has 1 unspecified atom stereocenters. The Bertz CT molecular complexity index is 849. The molecule has 4 rings (SSSR count). The standard InChI is InChI=1S/C22H24INO3/c1-13-19(22(26)27-16-8-2-3-9-16)20(14-6-4-7-15(23)12-14)21-17(24-13)10-5-11-18(21)25/h4,6-7,12,16,20,24H,2-3,5,8-11H2,1H3. The number of carbonyl (C=O) groups is 2. The van der Waals surface area contributed by atoms with E-state index in [2.05, 4.69) is 34.0 Å². The maximum Gasteiger partial charge on any atom is 0.337 e. The number of carbonyl (C=O) groups excluding carboxylic acids is 2. The lowest BCUT2D eigenvalue weighted by Gasteiger charge is -2.34. The summed E-state index contributed by atoms with van der Waals surface area (Å²) >= 11 is 2.28. The maximum absolute atomic E-state index is 13.2. The number of hydrogen-bond donors (Lipinski definition) is 1. The van der Waals surface area contributed by atoms with Crippen LogP contribution in [0.1, 0.15) is 63.4 Å². The first-order valence-electron chi connectivity index (χ1n) is 9.75. The largest absolute Gasteiger partial charge is 0.459 e. The van der Waals surface area contributed by atoms with Crippen molar-refractivity contribution in [1.82, 2.24) is 5.32 Å². The summed E-state index contributed by atoms with van der Waals surface area (Å²) in [5.41, 5.74) is 4.13. The number of nitrogens with one attached hydrogen (secondary N) is 1. The third-order valence-corrected chi connectivity index (χ3v) is 6.42. The van der Waals surface area contributed by atoms with E-state index in [1.165, 1.54) is 0 Å². The molecule has 1 heterocycles. The van der Waals surface area contributed by atoms with Gasteiger partial charge in [0.25, 0.3) is 0 Å². The van der Waals surface area contributed by atoms with Crippen LogP contribution >= 0.6 is 22.6 Å². The van der Waals surface area contributed by atoms with Gasteiger partial charge in [0.2, 0.25) is 0 Å². The molecule has 2 aliphatic carbocycles. The fraction of sp³-hybridized carbons (Fsp3) is 0.455. The minimum Gasteiger partial charge on any atom is -0.459 e. The van der Waals surface area contributed by atoms with Gasteiger partial charge >= 0.3 is 5.97 Å². The average molecular weight is 477 g/mol. The summed E-state index contributed by atoms with van der Waals surface area (Å²) in [6.45, 7) is 1.93. The van der Waals surface area contributed by atoms with Crippen molar-refractivity contribution >= 4 is 34.3 Å². The lowest BCUT2D eigenvalue weighted by atomic mass is 9.75. The van der Waals surface area contributed by atoms with Crippen LogP contribution in [0.2, 0.25) is 0 Å². The third kappa shape index (κ3) is 3.71. The molecule has 1 aliphatic heterocycles. The topological polar surface area (TPSA) is 55.4 Å². The van der Waals surface area contributed by atoms with E-state index in [1.807, 2.05) is 25.1 Å². The quantitative estimate of drug-likeness (QED) is 0.505. The van der Waals surface area contributed by atoms with Gasteiger partial charge in [-0.05, 0) is 85.7 Å². The average Bonchev–Trinajstić information content (AvgIpc) is 3.13. The van der Waals surface area contributed by atoms with E-state index in [4.69, 9.17) is 4.74 Å². The number of halogens is 1. The molecule has 3 aliphatic rings. The van der Waals surface area contributed by atoms with Gasteiger partial charge in [0.1, 0.15) is 6.10 Å². The van der Waals surface area contributed by atoms with E-state index in [-0.39, 0.29) is 23.8 Å². The minimum atomic E-state index is -0.335. The summed E-state index contributed by atoms with van der Waals surface area (Å²) in [7, 11) is 0. The van der Waals surface area contributed by atoms with Crippen molar-refractivity contribution in [3.8, 4) is 0 Å². The van der Waals surface area contributed by atoms with Gasteiger partial charge in [-0.1, -0.05) is 12.1 Å². The van der Waals surface area contributed by atoms with Crippen molar-refractivity contribution in [2.75, 3.05) is 0 Å². The van der Waals surface area contributed by atoms with E-state index in [1.54, 1.807) is 0 Å². The Hall–Kier alpha value is -1.63. The maximum atomic E-state index is 13.2. The van der Waals surface area contributed by atoms with Gasteiger partial charge < -0.3 is 10.1 Å². The number of ether oxygens (including phenoxy) is 1. The molecule has 1 atom stereocenters. The van der Waals surface area contributed by atoms with Gasteiger partial charge in [0.05, 0.1) is 5.57 Å². The Morgan fingerprint density at radius 3 is 2.70 bits per heavy atom. The highest BCUT2D eigenvalue weighted by atomic mass is 127. The summed E-state index contributed by atoms with van der Waals surface area (Å²) in [4.78, 5) is 26.0. The Morgan fingerprint density at radius 2 is 1.96 bits per heavy atom. The molecule has 0 bridgehead atoms. The van der Waals surface area contributed by atoms with Crippen LogP contribution in [-0.2, 0) is 14.3 Å². The van der Waals surface area contributed by atoms with Gasteiger partial charge in [0.15, 0.2) is 5.78 Å². The van der Waals surface area contributed by atoms with Crippen LogP contribution in [0.15, 0.2) is 46.8 Å². The number of esters is 1. The normalized spacial score (nSPS) is 23.3. The molecular weight excluding hydrogens is 453 g/mol. The fourth-order valence-corrected chi connectivity index (χ4v) is 5.06. The molecule has 0 aromatic heterocycles. The molecule has 1 N–H and O–H groups in total. The highest BCUT2D eigenvalue weighted by Gasteiger charge is 2.39. The molecule has 0 spiro atoms. The van der Waals surface area contributed by atoms with Crippen molar-refractivity contribution in [3.05, 3.63) is 55.9 Å². The molecule has 5 heteroatoms.